The predicted molar refractivity (Wildman–Crippen MR) is 56.7 cm³/mol. The van der Waals surface area contributed by atoms with Gasteiger partial charge in [0.1, 0.15) is 6.04 Å². The summed E-state index contributed by atoms with van der Waals surface area (Å²) in [5.41, 5.74) is 8.76. The van der Waals surface area contributed by atoms with E-state index in [4.69, 9.17) is 10.6 Å². The van der Waals surface area contributed by atoms with E-state index in [2.05, 4.69) is 15.3 Å². The number of carboxylic acid groups (broad SMARTS) is 1. The molecule has 0 saturated heterocycles. The highest BCUT2D eigenvalue weighted by molar-refractivity contribution is 7.08. The molecule has 1 aromatic heterocycles. The normalized spacial score (nSPS) is 11.7. The van der Waals surface area contributed by atoms with Gasteiger partial charge in [0.05, 0.1) is 0 Å². The standard InChI is InChI=1S/C8H10N4O2S/c9-12-11-3-2-10-7(8(13)14)6-1-4-15-5-6/h1,4-5,7,10H,2-3H2,(H,13,14). The van der Waals surface area contributed by atoms with Gasteiger partial charge in [-0.25, -0.2) is 0 Å². The van der Waals surface area contributed by atoms with Crippen molar-refractivity contribution in [3.8, 4) is 0 Å². The average Bonchev–Trinajstić information content (AvgIpc) is 2.70. The maximum atomic E-state index is 10.9. The van der Waals surface area contributed by atoms with Gasteiger partial charge in [0.25, 0.3) is 0 Å². The second kappa shape index (κ2) is 6.02. The molecule has 0 radical (unpaired) electrons. The lowest BCUT2D eigenvalue weighted by Gasteiger charge is -2.11. The van der Waals surface area contributed by atoms with Crippen molar-refractivity contribution >= 4 is 17.3 Å². The number of rotatable bonds is 6. The van der Waals surface area contributed by atoms with Crippen molar-refractivity contribution in [2.45, 2.75) is 6.04 Å². The summed E-state index contributed by atoms with van der Waals surface area (Å²) < 4.78 is 0. The first-order valence-electron chi connectivity index (χ1n) is 4.25. The molecule has 0 amide bonds. The van der Waals surface area contributed by atoms with E-state index in [0.29, 0.717) is 12.1 Å². The van der Waals surface area contributed by atoms with Crippen molar-refractivity contribution in [2.24, 2.45) is 5.11 Å². The molecular formula is C8H10N4O2S. The SMILES string of the molecule is [N-]=[N+]=NCCNC(C(=O)O)c1ccsc1. The Labute approximate surface area is 90.2 Å². The fourth-order valence-electron chi connectivity index (χ4n) is 1.09. The maximum absolute atomic E-state index is 10.9. The highest BCUT2D eigenvalue weighted by atomic mass is 32.1. The Morgan fingerprint density at radius 1 is 1.80 bits per heavy atom. The maximum Gasteiger partial charge on any atom is 0.325 e. The summed E-state index contributed by atoms with van der Waals surface area (Å²) in [6.07, 6.45) is 0. The minimum atomic E-state index is -0.936. The second-order valence-corrected chi connectivity index (χ2v) is 3.52. The van der Waals surface area contributed by atoms with Crippen molar-refractivity contribution in [2.75, 3.05) is 13.1 Å². The van der Waals surface area contributed by atoms with Crippen molar-refractivity contribution in [1.82, 2.24) is 5.32 Å². The summed E-state index contributed by atoms with van der Waals surface area (Å²) in [6.45, 7) is 0.585. The first-order valence-corrected chi connectivity index (χ1v) is 5.19. The molecule has 80 valence electrons. The number of azide groups is 1. The van der Waals surface area contributed by atoms with E-state index in [-0.39, 0.29) is 6.54 Å². The van der Waals surface area contributed by atoms with Crippen LogP contribution in [0, 0.1) is 0 Å². The van der Waals surface area contributed by atoms with E-state index in [9.17, 15) is 4.79 Å². The van der Waals surface area contributed by atoms with Crippen molar-refractivity contribution in [1.29, 1.82) is 0 Å². The largest absolute Gasteiger partial charge is 0.480 e. The van der Waals surface area contributed by atoms with Gasteiger partial charge in [-0.2, -0.15) is 11.3 Å². The van der Waals surface area contributed by atoms with Crippen LogP contribution in [0.3, 0.4) is 0 Å². The smallest absolute Gasteiger partial charge is 0.325 e. The first kappa shape index (κ1) is 11.5. The number of thiophene rings is 1. The van der Waals surface area contributed by atoms with Crippen LogP contribution in [0.1, 0.15) is 11.6 Å². The molecule has 0 bridgehead atoms. The van der Waals surface area contributed by atoms with E-state index >= 15 is 0 Å². The molecule has 1 aromatic rings. The number of nitrogens with zero attached hydrogens (tertiary/aromatic N) is 3. The quantitative estimate of drug-likeness (QED) is 0.334. The van der Waals surface area contributed by atoms with E-state index in [1.54, 1.807) is 11.4 Å². The number of carboxylic acids is 1. The average molecular weight is 226 g/mol. The van der Waals surface area contributed by atoms with Crippen LogP contribution in [0.25, 0.3) is 10.4 Å². The van der Waals surface area contributed by atoms with Gasteiger partial charge in [-0.3, -0.25) is 4.79 Å². The van der Waals surface area contributed by atoms with Crippen molar-refractivity contribution in [3.63, 3.8) is 0 Å². The fourth-order valence-corrected chi connectivity index (χ4v) is 1.78. The van der Waals surface area contributed by atoms with Gasteiger partial charge in [-0.15, -0.1) is 0 Å². The summed E-state index contributed by atoms with van der Waals surface area (Å²) in [5, 5.41) is 18.6. The van der Waals surface area contributed by atoms with Gasteiger partial charge in [0.2, 0.25) is 0 Å². The Morgan fingerprint density at radius 2 is 2.60 bits per heavy atom. The molecule has 0 aromatic carbocycles. The Morgan fingerprint density at radius 3 is 3.13 bits per heavy atom. The third-order valence-electron chi connectivity index (χ3n) is 1.75. The van der Waals surface area contributed by atoms with Gasteiger partial charge >= 0.3 is 5.97 Å². The number of hydrogen-bond acceptors (Lipinski definition) is 4. The van der Waals surface area contributed by atoms with E-state index in [1.807, 2.05) is 5.38 Å². The zero-order valence-corrected chi connectivity index (χ0v) is 8.65. The second-order valence-electron chi connectivity index (χ2n) is 2.74. The Balaban J connectivity index is 2.52. The molecule has 0 aliphatic rings. The van der Waals surface area contributed by atoms with Gasteiger partial charge in [0, 0.05) is 18.0 Å². The van der Waals surface area contributed by atoms with Crippen LogP contribution < -0.4 is 5.32 Å². The number of hydrogen-bond donors (Lipinski definition) is 2. The summed E-state index contributed by atoms with van der Waals surface area (Å²) >= 11 is 1.44. The lowest BCUT2D eigenvalue weighted by Crippen LogP contribution is -2.29. The molecule has 2 N–H and O–H groups in total. The van der Waals surface area contributed by atoms with Crippen LogP contribution in [0.2, 0.25) is 0 Å². The van der Waals surface area contributed by atoms with Gasteiger partial charge < -0.3 is 10.4 Å². The molecular weight excluding hydrogens is 216 g/mol. The Hall–Kier alpha value is -1.56. The Bertz CT molecular complexity index is 359. The molecule has 6 nitrogen and oxygen atoms in total. The molecule has 15 heavy (non-hydrogen) atoms. The molecule has 1 heterocycles. The van der Waals surface area contributed by atoms with Crippen LogP contribution in [0.15, 0.2) is 21.9 Å². The Kier molecular flexibility index (Phi) is 4.62. The monoisotopic (exact) mass is 226 g/mol. The third kappa shape index (κ3) is 3.59. The molecule has 7 heteroatoms. The molecule has 0 spiro atoms. The zero-order chi connectivity index (χ0) is 11.1. The number of carbonyl (C=O) groups is 1. The first-order chi connectivity index (χ1) is 7.25. The highest BCUT2D eigenvalue weighted by Gasteiger charge is 2.18. The molecule has 1 atom stereocenters. The van der Waals surface area contributed by atoms with Crippen molar-refractivity contribution in [3.05, 3.63) is 32.8 Å². The summed E-state index contributed by atoms with van der Waals surface area (Å²) in [5.74, 6) is -0.936. The van der Waals surface area contributed by atoms with Gasteiger partial charge in [0.15, 0.2) is 0 Å². The van der Waals surface area contributed by atoms with E-state index < -0.39 is 12.0 Å². The molecule has 1 unspecified atom stereocenters. The highest BCUT2D eigenvalue weighted by Crippen LogP contribution is 2.16. The topological polar surface area (TPSA) is 98.1 Å². The van der Waals surface area contributed by atoms with E-state index in [0.717, 1.165) is 0 Å². The van der Waals surface area contributed by atoms with Crippen LogP contribution in [0.5, 0.6) is 0 Å². The van der Waals surface area contributed by atoms with Crippen molar-refractivity contribution < 1.29 is 9.90 Å². The molecule has 0 fully saturated rings. The summed E-state index contributed by atoms with van der Waals surface area (Å²) in [6, 6.07) is 1.02. The third-order valence-corrected chi connectivity index (χ3v) is 2.45. The summed E-state index contributed by atoms with van der Waals surface area (Å²) in [4.78, 5) is 13.5. The van der Waals surface area contributed by atoms with Crippen LogP contribution in [0.4, 0.5) is 0 Å². The molecule has 0 aliphatic heterocycles. The summed E-state index contributed by atoms with van der Waals surface area (Å²) in [7, 11) is 0. The number of nitrogens with one attached hydrogen (secondary N) is 1. The number of aliphatic carboxylic acids is 1. The molecule has 0 aliphatic carbocycles. The minimum absolute atomic E-state index is 0.240. The van der Waals surface area contributed by atoms with Gasteiger partial charge in [-0.1, -0.05) is 5.11 Å². The van der Waals surface area contributed by atoms with Crippen LogP contribution in [-0.2, 0) is 4.79 Å². The van der Waals surface area contributed by atoms with Gasteiger partial charge in [-0.05, 0) is 27.9 Å². The fraction of sp³-hybridized carbons (Fsp3) is 0.375. The lowest BCUT2D eigenvalue weighted by atomic mass is 10.1. The van der Waals surface area contributed by atoms with E-state index in [1.165, 1.54) is 11.3 Å². The predicted octanol–water partition coefficient (Wildman–Crippen LogP) is 1.77. The molecule has 0 saturated carbocycles. The van der Waals surface area contributed by atoms with Crippen LogP contribution >= 0.6 is 11.3 Å². The lowest BCUT2D eigenvalue weighted by molar-refractivity contribution is -0.139. The zero-order valence-electron chi connectivity index (χ0n) is 7.83. The minimum Gasteiger partial charge on any atom is -0.480 e. The van der Waals surface area contributed by atoms with Crippen LogP contribution in [-0.4, -0.2) is 24.2 Å². The molecule has 1 rings (SSSR count).